The van der Waals surface area contributed by atoms with Crippen LogP contribution in [0, 0.1) is 5.82 Å². The minimum absolute atomic E-state index is 0.270. The van der Waals surface area contributed by atoms with Crippen LogP contribution in [0.25, 0.3) is 11.4 Å². The van der Waals surface area contributed by atoms with Crippen molar-refractivity contribution in [2.75, 3.05) is 12.4 Å². The van der Waals surface area contributed by atoms with E-state index in [4.69, 9.17) is 16.3 Å². The van der Waals surface area contributed by atoms with Gasteiger partial charge in [0.1, 0.15) is 11.6 Å². The van der Waals surface area contributed by atoms with Crippen molar-refractivity contribution in [2.24, 2.45) is 0 Å². The molecule has 0 aliphatic heterocycles. The van der Waals surface area contributed by atoms with Gasteiger partial charge in [-0.3, -0.25) is 4.79 Å². The standard InChI is InChI=1S/C18H13ClFN3O2/c1-25-16-6-5-14(8-15(16)19)23-18(24)12-9-21-17(22-10-12)11-3-2-4-13(20)7-11/h2-10H,1H3,(H,23,24). The Labute approximate surface area is 148 Å². The first-order valence-electron chi connectivity index (χ1n) is 7.29. The number of anilines is 1. The number of aromatic nitrogens is 2. The normalized spacial score (nSPS) is 10.4. The minimum Gasteiger partial charge on any atom is -0.495 e. The Morgan fingerprint density at radius 3 is 2.56 bits per heavy atom. The zero-order valence-electron chi connectivity index (χ0n) is 13.2. The third-order valence-corrected chi connectivity index (χ3v) is 3.70. The van der Waals surface area contributed by atoms with E-state index in [0.717, 1.165) is 0 Å². The number of amides is 1. The Morgan fingerprint density at radius 2 is 1.92 bits per heavy atom. The van der Waals surface area contributed by atoms with Gasteiger partial charge in [0.05, 0.1) is 17.7 Å². The second kappa shape index (κ2) is 7.27. The molecule has 126 valence electrons. The van der Waals surface area contributed by atoms with Crippen molar-refractivity contribution in [1.29, 1.82) is 0 Å². The molecular weight excluding hydrogens is 345 g/mol. The van der Waals surface area contributed by atoms with Crippen LogP contribution >= 0.6 is 11.6 Å². The lowest BCUT2D eigenvalue weighted by Crippen LogP contribution is -2.12. The molecule has 0 radical (unpaired) electrons. The summed E-state index contributed by atoms with van der Waals surface area (Å²) in [4.78, 5) is 20.5. The molecule has 0 spiro atoms. The fraction of sp³-hybridized carbons (Fsp3) is 0.0556. The Balaban J connectivity index is 1.76. The molecule has 3 aromatic rings. The number of benzene rings is 2. The topological polar surface area (TPSA) is 64.1 Å². The van der Waals surface area contributed by atoms with Crippen molar-refractivity contribution in [3.05, 3.63) is 71.3 Å². The number of nitrogens with zero attached hydrogens (tertiary/aromatic N) is 2. The molecule has 2 aromatic carbocycles. The molecule has 0 fully saturated rings. The highest BCUT2D eigenvalue weighted by molar-refractivity contribution is 6.32. The molecule has 7 heteroatoms. The van der Waals surface area contributed by atoms with Crippen LogP contribution in [0.2, 0.25) is 5.02 Å². The average molecular weight is 358 g/mol. The summed E-state index contributed by atoms with van der Waals surface area (Å²) in [6.07, 6.45) is 2.77. The lowest BCUT2D eigenvalue weighted by molar-refractivity contribution is 0.102. The van der Waals surface area contributed by atoms with E-state index in [1.807, 2.05) is 0 Å². The zero-order valence-corrected chi connectivity index (χ0v) is 13.9. The Bertz CT molecular complexity index is 916. The molecular formula is C18H13ClFN3O2. The third kappa shape index (κ3) is 3.92. The Hall–Kier alpha value is -2.99. The van der Waals surface area contributed by atoms with Crippen LogP contribution in [0.3, 0.4) is 0 Å². The number of rotatable bonds is 4. The predicted octanol–water partition coefficient (Wildman–Crippen LogP) is 4.20. The van der Waals surface area contributed by atoms with Crippen LogP contribution in [-0.2, 0) is 0 Å². The van der Waals surface area contributed by atoms with Gasteiger partial charge in [0.15, 0.2) is 5.82 Å². The summed E-state index contributed by atoms with van der Waals surface area (Å²) in [5, 5.41) is 3.09. The summed E-state index contributed by atoms with van der Waals surface area (Å²) in [5.74, 6) is 0.0947. The van der Waals surface area contributed by atoms with Gasteiger partial charge in [-0.05, 0) is 30.3 Å². The van der Waals surface area contributed by atoms with Crippen LogP contribution in [0.15, 0.2) is 54.9 Å². The fourth-order valence-corrected chi connectivity index (χ4v) is 2.43. The van der Waals surface area contributed by atoms with Crippen molar-refractivity contribution >= 4 is 23.2 Å². The van der Waals surface area contributed by atoms with E-state index >= 15 is 0 Å². The first-order valence-corrected chi connectivity index (χ1v) is 7.67. The van der Waals surface area contributed by atoms with Gasteiger partial charge in [-0.1, -0.05) is 23.7 Å². The Kier molecular flexibility index (Phi) is 4.90. The van der Waals surface area contributed by atoms with Crippen molar-refractivity contribution in [3.63, 3.8) is 0 Å². The van der Waals surface area contributed by atoms with Crippen LogP contribution < -0.4 is 10.1 Å². The van der Waals surface area contributed by atoms with E-state index in [-0.39, 0.29) is 17.3 Å². The smallest absolute Gasteiger partial charge is 0.258 e. The van der Waals surface area contributed by atoms with Crippen LogP contribution in [0.5, 0.6) is 5.75 Å². The van der Waals surface area contributed by atoms with E-state index in [1.54, 1.807) is 30.3 Å². The van der Waals surface area contributed by atoms with E-state index in [9.17, 15) is 9.18 Å². The molecule has 0 aliphatic carbocycles. The summed E-state index contributed by atoms with van der Waals surface area (Å²) in [6, 6.07) is 10.8. The third-order valence-electron chi connectivity index (χ3n) is 3.41. The highest BCUT2D eigenvalue weighted by Crippen LogP contribution is 2.27. The SMILES string of the molecule is COc1ccc(NC(=O)c2cnc(-c3cccc(F)c3)nc2)cc1Cl. The first kappa shape index (κ1) is 16.9. The van der Waals surface area contributed by atoms with Crippen molar-refractivity contribution in [1.82, 2.24) is 9.97 Å². The van der Waals surface area contributed by atoms with Gasteiger partial charge in [-0.25, -0.2) is 14.4 Å². The summed E-state index contributed by atoms with van der Waals surface area (Å²) in [6.45, 7) is 0. The number of hydrogen-bond acceptors (Lipinski definition) is 4. The van der Waals surface area contributed by atoms with E-state index < -0.39 is 0 Å². The average Bonchev–Trinajstić information content (AvgIpc) is 2.62. The summed E-state index contributed by atoms with van der Waals surface area (Å²) < 4.78 is 18.3. The molecule has 3 rings (SSSR count). The molecule has 0 saturated carbocycles. The monoisotopic (exact) mass is 357 g/mol. The second-order valence-corrected chi connectivity index (χ2v) is 5.52. The van der Waals surface area contributed by atoms with Gasteiger partial charge in [-0.15, -0.1) is 0 Å². The second-order valence-electron chi connectivity index (χ2n) is 5.11. The van der Waals surface area contributed by atoms with E-state index in [0.29, 0.717) is 27.8 Å². The summed E-state index contributed by atoms with van der Waals surface area (Å²) in [7, 11) is 1.51. The first-order chi connectivity index (χ1) is 12.1. The zero-order chi connectivity index (χ0) is 17.8. The largest absolute Gasteiger partial charge is 0.495 e. The summed E-state index contributed by atoms with van der Waals surface area (Å²) in [5.41, 5.74) is 1.32. The molecule has 1 N–H and O–H groups in total. The molecule has 25 heavy (non-hydrogen) atoms. The van der Waals surface area contributed by atoms with Gasteiger partial charge in [0.25, 0.3) is 5.91 Å². The van der Waals surface area contributed by atoms with Crippen LogP contribution in [-0.4, -0.2) is 23.0 Å². The summed E-state index contributed by atoms with van der Waals surface area (Å²) >= 11 is 6.03. The molecule has 0 bridgehead atoms. The predicted molar refractivity (Wildman–Crippen MR) is 93.4 cm³/mol. The quantitative estimate of drug-likeness (QED) is 0.760. The maximum atomic E-state index is 13.2. The van der Waals surface area contributed by atoms with Gasteiger partial charge < -0.3 is 10.1 Å². The van der Waals surface area contributed by atoms with Crippen LogP contribution in [0.1, 0.15) is 10.4 Å². The molecule has 1 heterocycles. The van der Waals surface area contributed by atoms with Crippen molar-refractivity contribution < 1.29 is 13.9 Å². The minimum atomic E-state index is -0.382. The maximum Gasteiger partial charge on any atom is 0.258 e. The number of methoxy groups -OCH3 is 1. The molecule has 0 aliphatic rings. The molecule has 0 atom stereocenters. The number of halogens is 2. The highest BCUT2D eigenvalue weighted by atomic mass is 35.5. The molecule has 0 unspecified atom stereocenters. The molecule has 1 amide bonds. The lowest BCUT2D eigenvalue weighted by atomic mass is 10.2. The van der Waals surface area contributed by atoms with Gasteiger partial charge in [0, 0.05) is 23.6 Å². The van der Waals surface area contributed by atoms with Gasteiger partial charge >= 0.3 is 0 Å². The maximum absolute atomic E-state index is 13.2. The Morgan fingerprint density at radius 1 is 1.16 bits per heavy atom. The lowest BCUT2D eigenvalue weighted by Gasteiger charge is -2.08. The van der Waals surface area contributed by atoms with E-state index in [1.165, 1.54) is 31.6 Å². The van der Waals surface area contributed by atoms with Crippen molar-refractivity contribution in [3.8, 4) is 17.1 Å². The molecule has 0 saturated heterocycles. The van der Waals surface area contributed by atoms with E-state index in [2.05, 4.69) is 15.3 Å². The number of carbonyl (C=O) groups excluding carboxylic acids is 1. The molecule has 1 aromatic heterocycles. The van der Waals surface area contributed by atoms with Gasteiger partial charge in [0.2, 0.25) is 0 Å². The van der Waals surface area contributed by atoms with Crippen LogP contribution in [0.4, 0.5) is 10.1 Å². The van der Waals surface area contributed by atoms with Crippen molar-refractivity contribution in [2.45, 2.75) is 0 Å². The molecule has 5 nitrogen and oxygen atoms in total. The fourth-order valence-electron chi connectivity index (χ4n) is 2.17. The number of carbonyl (C=O) groups is 1. The number of nitrogens with one attached hydrogen (secondary N) is 1. The van der Waals surface area contributed by atoms with Gasteiger partial charge in [-0.2, -0.15) is 0 Å². The number of hydrogen-bond donors (Lipinski definition) is 1. The highest BCUT2D eigenvalue weighted by Gasteiger charge is 2.10. The number of ether oxygens (including phenoxy) is 1.